The monoisotopic (exact) mass is 180 g/mol. The van der Waals surface area contributed by atoms with E-state index in [1.165, 1.54) is 5.56 Å². The second-order valence-electron chi connectivity index (χ2n) is 3.83. The molecule has 2 heteroatoms. The van der Waals surface area contributed by atoms with E-state index in [1.54, 1.807) is 0 Å². The maximum atomic E-state index is 5.72. The molecule has 1 aliphatic heterocycles. The van der Waals surface area contributed by atoms with Gasteiger partial charge in [0.2, 0.25) is 0 Å². The van der Waals surface area contributed by atoms with E-state index in [0.717, 1.165) is 17.1 Å². The second-order valence-corrected chi connectivity index (χ2v) is 4.35. The second kappa shape index (κ2) is 2.43. The van der Waals surface area contributed by atoms with Crippen LogP contribution >= 0.6 is 12.6 Å². The van der Waals surface area contributed by atoms with Crippen LogP contribution in [-0.2, 0) is 6.42 Å². The number of benzene rings is 1. The highest BCUT2D eigenvalue weighted by Gasteiger charge is 2.29. The van der Waals surface area contributed by atoms with Gasteiger partial charge in [-0.25, -0.2) is 0 Å². The van der Waals surface area contributed by atoms with Gasteiger partial charge < -0.3 is 4.74 Å². The molecule has 1 heterocycles. The van der Waals surface area contributed by atoms with Gasteiger partial charge in [0.15, 0.2) is 0 Å². The molecule has 0 unspecified atom stereocenters. The van der Waals surface area contributed by atoms with Crippen molar-refractivity contribution in [3.63, 3.8) is 0 Å². The highest BCUT2D eigenvalue weighted by atomic mass is 32.1. The molecular weight excluding hydrogens is 168 g/mol. The van der Waals surface area contributed by atoms with Crippen LogP contribution in [-0.4, -0.2) is 5.60 Å². The van der Waals surface area contributed by atoms with Gasteiger partial charge in [0.05, 0.1) is 0 Å². The maximum Gasteiger partial charge on any atom is 0.123 e. The lowest BCUT2D eigenvalue weighted by atomic mass is 10.0. The first-order valence-electron chi connectivity index (χ1n) is 4.08. The molecule has 1 aromatic rings. The van der Waals surface area contributed by atoms with Gasteiger partial charge in [0, 0.05) is 11.3 Å². The van der Waals surface area contributed by atoms with Crippen molar-refractivity contribution >= 4 is 12.6 Å². The third kappa shape index (κ3) is 1.31. The van der Waals surface area contributed by atoms with Crippen molar-refractivity contribution in [3.05, 3.63) is 23.8 Å². The summed E-state index contributed by atoms with van der Waals surface area (Å²) in [5.41, 5.74) is 1.23. The zero-order valence-corrected chi connectivity index (χ0v) is 8.19. The van der Waals surface area contributed by atoms with Crippen LogP contribution in [0.3, 0.4) is 0 Å². The molecule has 12 heavy (non-hydrogen) atoms. The van der Waals surface area contributed by atoms with Crippen molar-refractivity contribution in [1.29, 1.82) is 0 Å². The molecular formula is C10H12OS. The predicted molar refractivity (Wildman–Crippen MR) is 52.1 cm³/mol. The van der Waals surface area contributed by atoms with E-state index in [0.29, 0.717) is 0 Å². The predicted octanol–water partition coefficient (Wildman–Crippen LogP) is 2.69. The van der Waals surface area contributed by atoms with Gasteiger partial charge in [-0.1, -0.05) is 0 Å². The molecule has 0 radical (unpaired) electrons. The number of hydrogen-bond acceptors (Lipinski definition) is 2. The first kappa shape index (κ1) is 7.99. The average molecular weight is 180 g/mol. The van der Waals surface area contributed by atoms with Crippen molar-refractivity contribution in [1.82, 2.24) is 0 Å². The van der Waals surface area contributed by atoms with Crippen molar-refractivity contribution in [3.8, 4) is 5.75 Å². The molecule has 2 rings (SSSR count). The Bertz CT molecular complexity index is 318. The molecule has 0 saturated heterocycles. The zero-order valence-electron chi connectivity index (χ0n) is 7.29. The summed E-state index contributed by atoms with van der Waals surface area (Å²) >= 11 is 4.28. The molecule has 0 bridgehead atoms. The van der Waals surface area contributed by atoms with Crippen LogP contribution in [0.25, 0.3) is 0 Å². The summed E-state index contributed by atoms with van der Waals surface area (Å²) in [6, 6.07) is 6.03. The van der Waals surface area contributed by atoms with Crippen LogP contribution in [0.2, 0.25) is 0 Å². The molecule has 0 N–H and O–H groups in total. The average Bonchev–Trinajstić information content (AvgIpc) is 2.21. The van der Waals surface area contributed by atoms with Crippen LogP contribution in [0.1, 0.15) is 19.4 Å². The van der Waals surface area contributed by atoms with Crippen molar-refractivity contribution in [2.75, 3.05) is 0 Å². The third-order valence-corrected chi connectivity index (χ3v) is 2.32. The third-order valence-electron chi connectivity index (χ3n) is 2.05. The molecule has 0 amide bonds. The Kier molecular flexibility index (Phi) is 1.62. The molecule has 0 aromatic heterocycles. The van der Waals surface area contributed by atoms with Crippen LogP contribution < -0.4 is 4.74 Å². The quantitative estimate of drug-likeness (QED) is 0.604. The standard InChI is InChI=1S/C10H12OS/c1-10(2)6-7-5-8(12)3-4-9(7)11-10/h3-5,12H,6H2,1-2H3. The Morgan fingerprint density at radius 1 is 1.42 bits per heavy atom. The summed E-state index contributed by atoms with van der Waals surface area (Å²) < 4.78 is 5.72. The fourth-order valence-electron chi connectivity index (χ4n) is 1.60. The summed E-state index contributed by atoms with van der Waals surface area (Å²) in [7, 11) is 0. The molecule has 0 saturated carbocycles. The summed E-state index contributed by atoms with van der Waals surface area (Å²) in [6.07, 6.45) is 0.983. The lowest BCUT2D eigenvalue weighted by molar-refractivity contribution is 0.138. The molecule has 0 spiro atoms. The molecule has 64 valence electrons. The summed E-state index contributed by atoms with van der Waals surface area (Å²) in [4.78, 5) is 1.01. The Morgan fingerprint density at radius 2 is 2.17 bits per heavy atom. The minimum absolute atomic E-state index is 0.0378. The van der Waals surface area contributed by atoms with Crippen molar-refractivity contribution in [2.45, 2.75) is 30.8 Å². The Labute approximate surface area is 78.2 Å². The molecule has 0 aliphatic carbocycles. The fourth-order valence-corrected chi connectivity index (χ4v) is 1.83. The lowest BCUT2D eigenvalue weighted by Gasteiger charge is -2.16. The van der Waals surface area contributed by atoms with E-state index in [2.05, 4.69) is 32.5 Å². The van der Waals surface area contributed by atoms with Crippen LogP contribution in [0.5, 0.6) is 5.75 Å². The van der Waals surface area contributed by atoms with Gasteiger partial charge in [-0.2, -0.15) is 0 Å². The van der Waals surface area contributed by atoms with E-state index >= 15 is 0 Å². The Hall–Kier alpha value is -0.630. The summed E-state index contributed by atoms with van der Waals surface area (Å²) in [6.45, 7) is 4.20. The number of ether oxygens (including phenoxy) is 1. The van der Waals surface area contributed by atoms with Gasteiger partial charge >= 0.3 is 0 Å². The number of fused-ring (bicyclic) bond motifs is 1. The lowest BCUT2D eigenvalue weighted by Crippen LogP contribution is -2.24. The van der Waals surface area contributed by atoms with Gasteiger partial charge in [-0.05, 0) is 37.6 Å². The van der Waals surface area contributed by atoms with Crippen LogP contribution in [0, 0.1) is 0 Å². The van der Waals surface area contributed by atoms with Gasteiger partial charge in [0.25, 0.3) is 0 Å². The number of rotatable bonds is 0. The summed E-state index contributed by atoms with van der Waals surface area (Å²) in [5, 5.41) is 0. The van der Waals surface area contributed by atoms with Crippen molar-refractivity contribution < 1.29 is 4.74 Å². The first-order chi connectivity index (χ1) is 5.57. The zero-order chi connectivity index (χ0) is 8.77. The molecule has 1 nitrogen and oxygen atoms in total. The van der Waals surface area contributed by atoms with E-state index in [9.17, 15) is 0 Å². The Balaban J connectivity index is 2.43. The van der Waals surface area contributed by atoms with E-state index in [1.807, 2.05) is 12.1 Å². The van der Waals surface area contributed by atoms with Crippen LogP contribution in [0.4, 0.5) is 0 Å². The topological polar surface area (TPSA) is 9.23 Å². The van der Waals surface area contributed by atoms with Gasteiger partial charge in [-0.3, -0.25) is 0 Å². The van der Waals surface area contributed by atoms with Gasteiger partial charge in [-0.15, -0.1) is 12.6 Å². The maximum absolute atomic E-state index is 5.72. The van der Waals surface area contributed by atoms with Crippen LogP contribution in [0.15, 0.2) is 23.1 Å². The molecule has 1 aliphatic rings. The first-order valence-corrected chi connectivity index (χ1v) is 4.52. The minimum atomic E-state index is -0.0378. The van der Waals surface area contributed by atoms with E-state index in [4.69, 9.17) is 4.74 Å². The summed E-state index contributed by atoms with van der Waals surface area (Å²) in [5.74, 6) is 1.01. The highest BCUT2D eigenvalue weighted by molar-refractivity contribution is 7.80. The van der Waals surface area contributed by atoms with Crippen molar-refractivity contribution in [2.24, 2.45) is 0 Å². The van der Waals surface area contributed by atoms with E-state index in [-0.39, 0.29) is 5.60 Å². The number of thiol groups is 1. The SMILES string of the molecule is CC1(C)Cc2cc(S)ccc2O1. The molecule has 0 fully saturated rings. The molecule has 1 aromatic carbocycles. The Morgan fingerprint density at radius 3 is 2.92 bits per heavy atom. The van der Waals surface area contributed by atoms with Gasteiger partial charge in [0.1, 0.15) is 11.4 Å². The minimum Gasteiger partial charge on any atom is -0.487 e. The van der Waals surface area contributed by atoms with E-state index < -0.39 is 0 Å². The fraction of sp³-hybridized carbons (Fsp3) is 0.400. The smallest absolute Gasteiger partial charge is 0.123 e. The number of hydrogen-bond donors (Lipinski definition) is 1. The molecule has 0 atom stereocenters. The highest BCUT2D eigenvalue weighted by Crippen LogP contribution is 2.35. The largest absolute Gasteiger partial charge is 0.487 e. The normalized spacial score (nSPS) is 18.6.